The molecule has 0 aliphatic carbocycles. The van der Waals surface area contributed by atoms with E-state index in [2.05, 4.69) is 38.2 Å². The van der Waals surface area contributed by atoms with Crippen LogP contribution in [0, 0.1) is 0 Å². The van der Waals surface area contributed by atoms with Crippen molar-refractivity contribution in [3.8, 4) is 5.75 Å². The molecule has 5 heteroatoms. The summed E-state index contributed by atoms with van der Waals surface area (Å²) < 4.78 is 5.47. The molecule has 0 radical (unpaired) electrons. The standard InChI is InChI=1S/C23H30N2O3/c1-6-28-20-10-8-7-9-19(20)22(27)24-15-21(26)25(5)16-17-11-13-18(14-12-17)23(2,3)4/h7-14H,6,15-16H2,1-5H3,(H,24,27). The molecule has 2 aromatic carbocycles. The van der Waals surface area contributed by atoms with Crippen LogP contribution in [0.3, 0.4) is 0 Å². The van der Waals surface area contributed by atoms with E-state index in [1.807, 2.05) is 25.1 Å². The Bertz CT molecular complexity index is 807. The van der Waals surface area contributed by atoms with E-state index in [4.69, 9.17) is 4.74 Å². The van der Waals surface area contributed by atoms with Crippen LogP contribution in [0.5, 0.6) is 5.75 Å². The maximum Gasteiger partial charge on any atom is 0.255 e. The number of likely N-dealkylation sites (N-methyl/N-ethyl adjacent to an activating group) is 1. The fourth-order valence-electron chi connectivity index (χ4n) is 2.79. The van der Waals surface area contributed by atoms with Gasteiger partial charge in [-0.25, -0.2) is 0 Å². The van der Waals surface area contributed by atoms with Crippen LogP contribution < -0.4 is 10.1 Å². The van der Waals surface area contributed by atoms with Gasteiger partial charge in [0.15, 0.2) is 0 Å². The van der Waals surface area contributed by atoms with Crippen LogP contribution in [-0.4, -0.2) is 36.9 Å². The molecule has 1 N–H and O–H groups in total. The van der Waals surface area contributed by atoms with Gasteiger partial charge in [-0.05, 0) is 35.6 Å². The van der Waals surface area contributed by atoms with Gasteiger partial charge in [0, 0.05) is 13.6 Å². The van der Waals surface area contributed by atoms with Gasteiger partial charge >= 0.3 is 0 Å². The quantitative estimate of drug-likeness (QED) is 0.793. The Morgan fingerprint density at radius 3 is 2.29 bits per heavy atom. The van der Waals surface area contributed by atoms with Crippen molar-refractivity contribution < 1.29 is 14.3 Å². The highest BCUT2D eigenvalue weighted by atomic mass is 16.5. The van der Waals surface area contributed by atoms with Crippen molar-refractivity contribution in [3.05, 3.63) is 65.2 Å². The zero-order chi connectivity index (χ0) is 20.7. The Hall–Kier alpha value is -2.82. The van der Waals surface area contributed by atoms with Gasteiger partial charge in [-0.2, -0.15) is 0 Å². The molecule has 0 unspecified atom stereocenters. The molecule has 0 atom stereocenters. The molecule has 0 fully saturated rings. The van der Waals surface area contributed by atoms with Crippen LogP contribution in [0.25, 0.3) is 0 Å². The van der Waals surface area contributed by atoms with Crippen LogP contribution in [0.4, 0.5) is 0 Å². The summed E-state index contributed by atoms with van der Waals surface area (Å²) in [4.78, 5) is 26.4. The average Bonchev–Trinajstić information content (AvgIpc) is 2.66. The minimum atomic E-state index is -0.319. The number of hydrogen-bond donors (Lipinski definition) is 1. The normalized spacial score (nSPS) is 11.0. The van der Waals surface area contributed by atoms with Gasteiger partial charge in [-0.15, -0.1) is 0 Å². The molecule has 5 nitrogen and oxygen atoms in total. The summed E-state index contributed by atoms with van der Waals surface area (Å²) in [6, 6.07) is 15.3. The molecule has 150 valence electrons. The maximum absolute atomic E-state index is 12.4. The number of rotatable bonds is 7. The van der Waals surface area contributed by atoms with Crippen molar-refractivity contribution in [3.63, 3.8) is 0 Å². The predicted molar refractivity (Wildman–Crippen MR) is 112 cm³/mol. The number of para-hydroxylation sites is 1. The fourth-order valence-corrected chi connectivity index (χ4v) is 2.79. The van der Waals surface area contributed by atoms with Gasteiger partial charge in [0.25, 0.3) is 5.91 Å². The number of amides is 2. The van der Waals surface area contributed by atoms with E-state index < -0.39 is 0 Å². The topological polar surface area (TPSA) is 58.6 Å². The number of benzene rings is 2. The lowest BCUT2D eigenvalue weighted by atomic mass is 9.87. The summed E-state index contributed by atoms with van der Waals surface area (Å²) in [5, 5.41) is 2.68. The number of nitrogens with zero attached hydrogens (tertiary/aromatic N) is 1. The Kier molecular flexibility index (Phi) is 7.21. The monoisotopic (exact) mass is 382 g/mol. The SMILES string of the molecule is CCOc1ccccc1C(=O)NCC(=O)N(C)Cc1ccc(C(C)(C)C)cc1. The van der Waals surface area contributed by atoms with E-state index in [0.717, 1.165) is 5.56 Å². The molecule has 0 saturated heterocycles. The van der Waals surface area contributed by atoms with Crippen LogP contribution in [0.15, 0.2) is 48.5 Å². The third kappa shape index (κ3) is 5.84. The zero-order valence-electron chi connectivity index (χ0n) is 17.4. The van der Waals surface area contributed by atoms with E-state index in [1.165, 1.54) is 5.56 Å². The lowest BCUT2D eigenvalue weighted by Crippen LogP contribution is -2.37. The Labute approximate surface area is 167 Å². The smallest absolute Gasteiger partial charge is 0.255 e. The van der Waals surface area contributed by atoms with Gasteiger partial charge in [0.05, 0.1) is 18.7 Å². The molecule has 0 saturated carbocycles. The van der Waals surface area contributed by atoms with E-state index in [1.54, 1.807) is 30.1 Å². The third-order valence-corrected chi connectivity index (χ3v) is 4.50. The van der Waals surface area contributed by atoms with Gasteiger partial charge in [0.2, 0.25) is 5.91 Å². The van der Waals surface area contributed by atoms with E-state index in [9.17, 15) is 9.59 Å². The zero-order valence-corrected chi connectivity index (χ0v) is 17.4. The van der Waals surface area contributed by atoms with E-state index >= 15 is 0 Å². The molecule has 2 aromatic rings. The van der Waals surface area contributed by atoms with Crippen molar-refractivity contribution in [2.45, 2.75) is 39.7 Å². The first-order valence-corrected chi connectivity index (χ1v) is 9.55. The summed E-state index contributed by atoms with van der Waals surface area (Å²) in [6.45, 7) is 9.28. The molecule has 0 aliphatic heterocycles. The lowest BCUT2D eigenvalue weighted by molar-refractivity contribution is -0.129. The first kappa shape index (κ1) is 21.5. The number of nitrogens with one attached hydrogen (secondary N) is 1. The number of carbonyl (C=O) groups excluding carboxylic acids is 2. The molecule has 0 heterocycles. The molecule has 0 aromatic heterocycles. The first-order valence-electron chi connectivity index (χ1n) is 9.55. The summed E-state index contributed by atoms with van der Waals surface area (Å²) in [5.41, 5.74) is 2.84. The average molecular weight is 383 g/mol. The Morgan fingerprint density at radius 2 is 1.68 bits per heavy atom. The first-order chi connectivity index (χ1) is 13.2. The lowest BCUT2D eigenvalue weighted by Gasteiger charge is -2.21. The molecular formula is C23H30N2O3. The minimum Gasteiger partial charge on any atom is -0.493 e. The van der Waals surface area contributed by atoms with Crippen molar-refractivity contribution >= 4 is 11.8 Å². The van der Waals surface area contributed by atoms with Gasteiger partial charge in [-0.1, -0.05) is 57.2 Å². The summed E-state index contributed by atoms with van der Waals surface area (Å²) >= 11 is 0. The van der Waals surface area contributed by atoms with E-state index in [-0.39, 0.29) is 23.8 Å². The molecule has 2 amide bonds. The highest BCUT2D eigenvalue weighted by molar-refractivity contribution is 5.98. The molecule has 2 rings (SSSR count). The Balaban J connectivity index is 1.91. The Morgan fingerprint density at radius 1 is 1.04 bits per heavy atom. The van der Waals surface area contributed by atoms with Crippen LogP contribution in [0.2, 0.25) is 0 Å². The maximum atomic E-state index is 12.4. The second-order valence-corrected chi connectivity index (χ2v) is 7.81. The molecular weight excluding hydrogens is 352 g/mol. The number of carbonyl (C=O) groups is 2. The summed E-state index contributed by atoms with van der Waals surface area (Å²) in [7, 11) is 1.74. The highest BCUT2D eigenvalue weighted by Gasteiger charge is 2.16. The van der Waals surface area contributed by atoms with Crippen LogP contribution >= 0.6 is 0 Å². The largest absolute Gasteiger partial charge is 0.493 e. The van der Waals surface area contributed by atoms with Gasteiger partial charge in [-0.3, -0.25) is 9.59 Å². The van der Waals surface area contributed by atoms with Gasteiger partial charge in [0.1, 0.15) is 5.75 Å². The second-order valence-electron chi connectivity index (χ2n) is 7.81. The third-order valence-electron chi connectivity index (χ3n) is 4.50. The molecule has 0 aliphatic rings. The fraction of sp³-hybridized carbons (Fsp3) is 0.391. The summed E-state index contributed by atoms with van der Waals surface area (Å²) in [5.74, 6) is 0.0460. The van der Waals surface area contributed by atoms with Crippen molar-refractivity contribution in [2.24, 2.45) is 0 Å². The predicted octanol–water partition coefficient (Wildman–Crippen LogP) is 3.77. The van der Waals surface area contributed by atoms with E-state index in [0.29, 0.717) is 24.5 Å². The minimum absolute atomic E-state index is 0.0597. The van der Waals surface area contributed by atoms with Crippen LogP contribution in [0.1, 0.15) is 49.2 Å². The van der Waals surface area contributed by atoms with Crippen molar-refractivity contribution in [1.82, 2.24) is 10.2 Å². The van der Waals surface area contributed by atoms with Crippen molar-refractivity contribution in [1.29, 1.82) is 0 Å². The molecule has 28 heavy (non-hydrogen) atoms. The van der Waals surface area contributed by atoms with Crippen LogP contribution in [-0.2, 0) is 16.8 Å². The molecule has 0 bridgehead atoms. The second kappa shape index (κ2) is 9.40. The number of ether oxygens (including phenoxy) is 1. The summed E-state index contributed by atoms with van der Waals surface area (Å²) in [6.07, 6.45) is 0. The van der Waals surface area contributed by atoms with Gasteiger partial charge < -0.3 is 15.0 Å². The number of hydrogen-bond acceptors (Lipinski definition) is 3. The van der Waals surface area contributed by atoms with Crippen molar-refractivity contribution in [2.75, 3.05) is 20.2 Å². The molecule has 0 spiro atoms. The highest BCUT2D eigenvalue weighted by Crippen LogP contribution is 2.22.